The van der Waals surface area contributed by atoms with Crippen molar-refractivity contribution in [2.75, 3.05) is 11.9 Å². The lowest BCUT2D eigenvalue weighted by Gasteiger charge is -2.26. The topological polar surface area (TPSA) is 76.6 Å². The largest absolute Gasteiger partial charge is 0.487 e. The van der Waals surface area contributed by atoms with Gasteiger partial charge in [-0.25, -0.2) is 19.2 Å². The summed E-state index contributed by atoms with van der Waals surface area (Å²) in [5, 5.41) is 3.72. The number of aromatic nitrogens is 2. The van der Waals surface area contributed by atoms with E-state index in [2.05, 4.69) is 27.1 Å². The van der Waals surface area contributed by atoms with E-state index in [-0.39, 0.29) is 24.6 Å². The van der Waals surface area contributed by atoms with Crippen molar-refractivity contribution in [2.45, 2.75) is 51.9 Å². The number of anilines is 2. The molecule has 3 heterocycles. The minimum atomic E-state index is -0.550. The number of benzene rings is 2. The molecule has 10 heteroatoms. The highest BCUT2D eigenvalue weighted by molar-refractivity contribution is 7.20. The SMILES string of the molecule is CC(C)(C)OC(=O)N1CCC[C@H]1C#Cc1cc2ncnc(Nc3ccc(OCc4cccc(F)c4)c(Cl)c3)c2s1. The zero-order valence-electron chi connectivity index (χ0n) is 22.3. The van der Waals surface area contributed by atoms with Gasteiger partial charge in [-0.3, -0.25) is 4.90 Å². The second-order valence-corrected chi connectivity index (χ2v) is 11.8. The number of hydrogen-bond donors (Lipinski definition) is 1. The Morgan fingerprint density at radius 3 is 2.85 bits per heavy atom. The van der Waals surface area contributed by atoms with Crippen molar-refractivity contribution in [1.29, 1.82) is 0 Å². The van der Waals surface area contributed by atoms with Gasteiger partial charge in [-0.15, -0.1) is 11.3 Å². The Morgan fingerprint density at radius 2 is 2.08 bits per heavy atom. The van der Waals surface area contributed by atoms with Crippen LogP contribution < -0.4 is 10.1 Å². The van der Waals surface area contributed by atoms with Crippen molar-refractivity contribution in [3.05, 3.63) is 76.1 Å². The molecule has 1 aliphatic rings. The Balaban J connectivity index is 1.29. The number of likely N-dealkylation sites (tertiary alicyclic amines) is 1. The van der Waals surface area contributed by atoms with Gasteiger partial charge in [0.15, 0.2) is 5.82 Å². The van der Waals surface area contributed by atoms with E-state index in [1.807, 2.05) is 32.9 Å². The summed E-state index contributed by atoms with van der Waals surface area (Å²) in [5.74, 6) is 7.28. The molecule has 1 fully saturated rings. The molecule has 2 aromatic carbocycles. The number of carbonyl (C=O) groups is 1. The molecule has 40 heavy (non-hydrogen) atoms. The van der Waals surface area contributed by atoms with E-state index in [0.29, 0.717) is 28.7 Å². The van der Waals surface area contributed by atoms with E-state index in [9.17, 15) is 9.18 Å². The van der Waals surface area contributed by atoms with Crippen LogP contribution in [0.3, 0.4) is 0 Å². The highest BCUT2D eigenvalue weighted by Gasteiger charge is 2.31. The maximum Gasteiger partial charge on any atom is 0.411 e. The maximum atomic E-state index is 13.4. The van der Waals surface area contributed by atoms with E-state index < -0.39 is 5.60 Å². The first kappa shape index (κ1) is 27.7. The summed E-state index contributed by atoms with van der Waals surface area (Å²) < 4.78 is 25.6. The van der Waals surface area contributed by atoms with Gasteiger partial charge in [-0.2, -0.15) is 0 Å². The van der Waals surface area contributed by atoms with Crippen LogP contribution >= 0.6 is 22.9 Å². The predicted octanol–water partition coefficient (Wildman–Crippen LogP) is 7.56. The second-order valence-electron chi connectivity index (χ2n) is 10.3. The molecule has 1 N–H and O–H groups in total. The van der Waals surface area contributed by atoms with Crippen LogP contribution in [0.2, 0.25) is 5.02 Å². The Kier molecular flexibility index (Phi) is 8.10. The number of rotatable bonds is 5. The molecule has 2 aromatic heterocycles. The van der Waals surface area contributed by atoms with Crippen LogP contribution in [0.1, 0.15) is 44.1 Å². The van der Waals surface area contributed by atoms with Crippen LogP contribution in [0.5, 0.6) is 5.75 Å². The molecule has 4 aromatic rings. The van der Waals surface area contributed by atoms with Gasteiger partial charge in [0.25, 0.3) is 0 Å². The monoisotopic (exact) mass is 578 g/mol. The van der Waals surface area contributed by atoms with Crippen molar-refractivity contribution in [1.82, 2.24) is 14.9 Å². The van der Waals surface area contributed by atoms with E-state index in [4.69, 9.17) is 21.1 Å². The molecule has 1 aliphatic heterocycles. The third-order valence-corrected chi connectivity index (χ3v) is 7.37. The standard InChI is InChI=1S/C30H28ClFN4O3S/c1-30(2,3)39-29(37)36-13-5-8-22(36)10-11-23-16-25-27(40-23)28(34-18-33-25)35-21-9-12-26(24(31)15-21)38-17-19-6-4-7-20(32)14-19/h4,6-7,9,12,14-16,18,22H,5,8,13,17H2,1-3H3,(H,33,34,35)/t22-/m0/s1. The molecule has 0 radical (unpaired) electrons. The van der Waals surface area contributed by atoms with Crippen LogP contribution in [0.15, 0.2) is 54.9 Å². The minimum Gasteiger partial charge on any atom is -0.487 e. The highest BCUT2D eigenvalue weighted by Crippen LogP contribution is 2.33. The lowest BCUT2D eigenvalue weighted by molar-refractivity contribution is 0.0261. The number of ether oxygens (including phenoxy) is 2. The Bertz CT molecular complexity index is 1610. The molecule has 1 amide bonds. The molecule has 1 saturated heterocycles. The number of fused-ring (bicyclic) bond motifs is 1. The Morgan fingerprint density at radius 1 is 1.23 bits per heavy atom. The molecular weight excluding hydrogens is 551 g/mol. The average molecular weight is 579 g/mol. The molecular formula is C30H28ClFN4O3S. The smallest absolute Gasteiger partial charge is 0.411 e. The minimum absolute atomic E-state index is 0.187. The zero-order chi connectivity index (χ0) is 28.3. The predicted molar refractivity (Wildman–Crippen MR) is 156 cm³/mol. The molecule has 0 bridgehead atoms. The number of nitrogens with zero attached hydrogens (tertiary/aromatic N) is 3. The third kappa shape index (κ3) is 6.82. The summed E-state index contributed by atoms with van der Waals surface area (Å²) in [6.07, 6.45) is 2.87. The van der Waals surface area contributed by atoms with Gasteiger partial charge in [0.1, 0.15) is 30.1 Å². The number of hydrogen-bond acceptors (Lipinski definition) is 7. The fourth-order valence-electron chi connectivity index (χ4n) is 4.24. The number of halogens is 2. The van der Waals surface area contributed by atoms with Crippen molar-refractivity contribution in [3.8, 4) is 17.6 Å². The molecule has 1 atom stereocenters. The molecule has 5 rings (SSSR count). The normalized spacial score (nSPS) is 15.0. The van der Waals surface area contributed by atoms with Crippen molar-refractivity contribution < 1.29 is 18.7 Å². The van der Waals surface area contributed by atoms with Crippen LogP contribution in [-0.4, -0.2) is 39.1 Å². The first-order valence-corrected chi connectivity index (χ1v) is 14.0. The average Bonchev–Trinajstić information content (AvgIpc) is 3.53. The molecule has 7 nitrogen and oxygen atoms in total. The number of amides is 1. The molecule has 206 valence electrons. The highest BCUT2D eigenvalue weighted by atomic mass is 35.5. The first-order valence-electron chi connectivity index (χ1n) is 12.8. The van der Waals surface area contributed by atoms with Crippen LogP contribution in [0.4, 0.5) is 20.7 Å². The van der Waals surface area contributed by atoms with Gasteiger partial charge in [0.05, 0.1) is 26.2 Å². The molecule has 0 unspecified atom stereocenters. The first-order chi connectivity index (χ1) is 19.1. The van der Waals surface area contributed by atoms with Gasteiger partial charge in [-0.1, -0.05) is 35.6 Å². The zero-order valence-corrected chi connectivity index (χ0v) is 23.9. The number of carbonyl (C=O) groups excluding carboxylic acids is 1. The van der Waals surface area contributed by atoms with Gasteiger partial charge in [0, 0.05) is 12.2 Å². The van der Waals surface area contributed by atoms with Crippen LogP contribution in [0.25, 0.3) is 10.2 Å². The summed E-state index contributed by atoms with van der Waals surface area (Å²) in [4.78, 5) is 23.9. The molecule has 0 saturated carbocycles. The van der Waals surface area contributed by atoms with E-state index in [0.717, 1.165) is 33.6 Å². The Hall–Kier alpha value is -3.87. The van der Waals surface area contributed by atoms with Crippen LogP contribution in [0, 0.1) is 17.7 Å². The number of thiophene rings is 1. The van der Waals surface area contributed by atoms with E-state index in [1.165, 1.54) is 29.8 Å². The number of nitrogens with one attached hydrogen (secondary N) is 1. The quantitative estimate of drug-likeness (QED) is 0.246. The fraction of sp³-hybridized carbons (Fsp3) is 0.300. The second kappa shape index (κ2) is 11.7. The van der Waals surface area contributed by atoms with Gasteiger partial charge in [-0.05, 0) is 75.6 Å². The Labute approximate surface area is 241 Å². The lowest BCUT2D eigenvalue weighted by Crippen LogP contribution is -2.39. The summed E-state index contributed by atoms with van der Waals surface area (Å²) >= 11 is 7.94. The molecule has 0 spiro atoms. The van der Waals surface area contributed by atoms with E-state index >= 15 is 0 Å². The summed E-state index contributed by atoms with van der Waals surface area (Å²) in [6, 6.07) is 13.3. The van der Waals surface area contributed by atoms with Gasteiger partial charge in [0.2, 0.25) is 0 Å². The lowest BCUT2D eigenvalue weighted by atomic mass is 10.2. The third-order valence-electron chi connectivity index (χ3n) is 6.03. The summed E-state index contributed by atoms with van der Waals surface area (Å²) in [5.41, 5.74) is 1.65. The van der Waals surface area contributed by atoms with Gasteiger partial charge >= 0.3 is 6.09 Å². The fourth-order valence-corrected chi connectivity index (χ4v) is 5.39. The van der Waals surface area contributed by atoms with Gasteiger partial charge < -0.3 is 14.8 Å². The maximum absolute atomic E-state index is 13.4. The van der Waals surface area contributed by atoms with Crippen molar-refractivity contribution >= 4 is 50.8 Å². The summed E-state index contributed by atoms with van der Waals surface area (Å²) in [7, 11) is 0. The molecule has 0 aliphatic carbocycles. The summed E-state index contributed by atoms with van der Waals surface area (Å²) in [6.45, 7) is 6.41. The van der Waals surface area contributed by atoms with Crippen LogP contribution in [-0.2, 0) is 11.3 Å². The van der Waals surface area contributed by atoms with Crippen molar-refractivity contribution in [2.24, 2.45) is 0 Å². The van der Waals surface area contributed by atoms with E-state index in [1.54, 1.807) is 29.2 Å². The van der Waals surface area contributed by atoms with Crippen molar-refractivity contribution in [3.63, 3.8) is 0 Å².